The molecule has 0 unspecified atom stereocenters. The number of ether oxygens (including phenoxy) is 1. The molecule has 0 aliphatic carbocycles. The molecule has 0 atom stereocenters. The Balaban J connectivity index is 2.21. The van der Waals surface area contributed by atoms with Crippen LogP contribution in [0.25, 0.3) is 0 Å². The van der Waals surface area contributed by atoms with Gasteiger partial charge in [0.15, 0.2) is 0 Å². The highest BCUT2D eigenvalue weighted by molar-refractivity contribution is 9.11. The van der Waals surface area contributed by atoms with Crippen molar-refractivity contribution in [2.24, 2.45) is 0 Å². The average Bonchev–Trinajstić information content (AvgIpc) is 2.43. The molecule has 0 heterocycles. The van der Waals surface area contributed by atoms with Crippen molar-refractivity contribution < 1.29 is 9.66 Å². The standard InChI is InChI=1S/C15H13Br2NO3/c1-9-6-12(7-10(2)14(9)16)21-8-11-4-3-5-13(15(11)17)18(19)20/h3-7H,8H2,1-2H3. The molecular formula is C15H13Br2NO3. The summed E-state index contributed by atoms with van der Waals surface area (Å²) in [5.41, 5.74) is 2.95. The van der Waals surface area contributed by atoms with Gasteiger partial charge in [-0.25, -0.2) is 0 Å². The van der Waals surface area contributed by atoms with Crippen molar-refractivity contribution in [3.8, 4) is 5.75 Å². The molecule has 0 aliphatic heterocycles. The number of hydrogen-bond donors (Lipinski definition) is 0. The number of hydrogen-bond acceptors (Lipinski definition) is 3. The summed E-state index contributed by atoms with van der Waals surface area (Å²) >= 11 is 6.78. The minimum absolute atomic E-state index is 0.0410. The molecule has 0 saturated heterocycles. The third kappa shape index (κ3) is 3.63. The van der Waals surface area contributed by atoms with Crippen LogP contribution in [0.5, 0.6) is 5.75 Å². The lowest BCUT2D eigenvalue weighted by atomic mass is 10.1. The van der Waals surface area contributed by atoms with Crippen LogP contribution in [0.15, 0.2) is 39.3 Å². The molecule has 0 aliphatic rings. The molecule has 0 fully saturated rings. The van der Waals surface area contributed by atoms with Crippen LogP contribution in [-0.4, -0.2) is 4.92 Å². The van der Waals surface area contributed by atoms with Crippen molar-refractivity contribution >= 4 is 37.5 Å². The molecule has 21 heavy (non-hydrogen) atoms. The molecule has 0 spiro atoms. The Morgan fingerprint density at radius 3 is 2.33 bits per heavy atom. The molecule has 0 aromatic heterocycles. The molecular weight excluding hydrogens is 402 g/mol. The molecule has 0 amide bonds. The van der Waals surface area contributed by atoms with E-state index >= 15 is 0 Å². The Kier molecular flexibility index (Phi) is 5.00. The normalized spacial score (nSPS) is 10.5. The van der Waals surface area contributed by atoms with Crippen molar-refractivity contribution in [2.45, 2.75) is 20.5 Å². The second kappa shape index (κ2) is 6.58. The molecule has 2 rings (SSSR count). The molecule has 110 valence electrons. The molecule has 2 aromatic carbocycles. The van der Waals surface area contributed by atoms with E-state index < -0.39 is 4.92 Å². The summed E-state index contributed by atoms with van der Waals surface area (Å²) in [7, 11) is 0. The lowest BCUT2D eigenvalue weighted by molar-refractivity contribution is -0.385. The van der Waals surface area contributed by atoms with E-state index in [9.17, 15) is 10.1 Å². The van der Waals surface area contributed by atoms with Gasteiger partial charge in [0.05, 0.1) is 4.92 Å². The number of nitro groups is 1. The Morgan fingerprint density at radius 2 is 1.76 bits per heavy atom. The Morgan fingerprint density at radius 1 is 1.14 bits per heavy atom. The van der Waals surface area contributed by atoms with E-state index in [-0.39, 0.29) is 12.3 Å². The predicted octanol–water partition coefficient (Wildman–Crippen LogP) is 5.32. The van der Waals surface area contributed by atoms with E-state index in [2.05, 4.69) is 31.9 Å². The Labute approximate surface area is 139 Å². The summed E-state index contributed by atoms with van der Waals surface area (Å²) in [6, 6.07) is 8.78. The van der Waals surface area contributed by atoms with Crippen molar-refractivity contribution in [1.82, 2.24) is 0 Å². The smallest absolute Gasteiger partial charge is 0.283 e. The Bertz CT molecular complexity index is 678. The van der Waals surface area contributed by atoms with Gasteiger partial charge < -0.3 is 4.74 Å². The van der Waals surface area contributed by atoms with Gasteiger partial charge in [0.25, 0.3) is 5.69 Å². The first-order valence-corrected chi connectivity index (χ1v) is 7.80. The fourth-order valence-corrected chi connectivity index (χ4v) is 2.72. The van der Waals surface area contributed by atoms with Crippen molar-refractivity contribution in [1.29, 1.82) is 0 Å². The fraction of sp³-hybridized carbons (Fsp3) is 0.200. The molecule has 2 aromatic rings. The highest BCUT2D eigenvalue weighted by atomic mass is 79.9. The number of aryl methyl sites for hydroxylation is 2. The maximum atomic E-state index is 10.9. The van der Waals surface area contributed by atoms with Gasteiger partial charge in [-0.05, 0) is 53.0 Å². The first-order chi connectivity index (χ1) is 9.90. The molecule has 0 bridgehead atoms. The average molecular weight is 415 g/mol. The zero-order chi connectivity index (χ0) is 15.6. The Hall–Kier alpha value is -1.40. The zero-order valence-electron chi connectivity index (χ0n) is 11.5. The van der Waals surface area contributed by atoms with Crippen LogP contribution >= 0.6 is 31.9 Å². The molecule has 6 heteroatoms. The van der Waals surface area contributed by atoms with E-state index in [1.165, 1.54) is 6.07 Å². The van der Waals surface area contributed by atoms with Crippen molar-refractivity contribution in [2.75, 3.05) is 0 Å². The number of nitrogens with zero attached hydrogens (tertiary/aromatic N) is 1. The largest absolute Gasteiger partial charge is 0.489 e. The summed E-state index contributed by atoms with van der Waals surface area (Å²) in [5, 5.41) is 10.9. The maximum absolute atomic E-state index is 10.9. The van der Waals surface area contributed by atoms with E-state index in [1.54, 1.807) is 12.1 Å². The first-order valence-electron chi connectivity index (χ1n) is 6.21. The van der Waals surface area contributed by atoms with Crippen molar-refractivity contribution in [3.05, 3.63) is 66.1 Å². The van der Waals surface area contributed by atoms with Gasteiger partial charge in [-0.15, -0.1) is 0 Å². The van der Waals surface area contributed by atoms with Gasteiger partial charge in [-0.3, -0.25) is 10.1 Å². The number of benzene rings is 2. The number of nitro benzene ring substituents is 1. The zero-order valence-corrected chi connectivity index (χ0v) is 14.7. The first kappa shape index (κ1) is 16.0. The van der Waals surface area contributed by atoms with E-state index in [1.807, 2.05) is 26.0 Å². The molecule has 0 saturated carbocycles. The SMILES string of the molecule is Cc1cc(OCc2cccc([N+](=O)[O-])c2Br)cc(C)c1Br. The number of halogens is 2. The van der Waals surface area contributed by atoms with Crippen LogP contribution in [0.1, 0.15) is 16.7 Å². The van der Waals surface area contributed by atoms with Crippen LogP contribution in [0.3, 0.4) is 0 Å². The van der Waals surface area contributed by atoms with Gasteiger partial charge in [0, 0.05) is 16.1 Å². The second-order valence-electron chi connectivity index (χ2n) is 4.67. The fourth-order valence-electron chi connectivity index (χ4n) is 1.97. The third-order valence-electron chi connectivity index (χ3n) is 3.06. The van der Waals surface area contributed by atoms with Crippen LogP contribution < -0.4 is 4.74 Å². The predicted molar refractivity (Wildman–Crippen MR) is 88.7 cm³/mol. The lowest BCUT2D eigenvalue weighted by Crippen LogP contribution is -1.99. The van der Waals surface area contributed by atoms with Crippen LogP contribution in [0.2, 0.25) is 0 Å². The summed E-state index contributed by atoms with van der Waals surface area (Å²) in [6.07, 6.45) is 0. The minimum Gasteiger partial charge on any atom is -0.489 e. The monoisotopic (exact) mass is 413 g/mol. The van der Waals surface area contributed by atoms with Gasteiger partial charge >= 0.3 is 0 Å². The summed E-state index contributed by atoms with van der Waals surface area (Å²) in [4.78, 5) is 10.5. The van der Waals surface area contributed by atoms with Gasteiger partial charge in [-0.1, -0.05) is 28.1 Å². The van der Waals surface area contributed by atoms with E-state index in [0.717, 1.165) is 26.9 Å². The quantitative estimate of drug-likeness (QED) is 0.502. The topological polar surface area (TPSA) is 52.4 Å². The number of rotatable bonds is 4. The van der Waals surface area contributed by atoms with Gasteiger partial charge in [-0.2, -0.15) is 0 Å². The lowest BCUT2D eigenvalue weighted by Gasteiger charge is -2.11. The maximum Gasteiger partial charge on any atom is 0.283 e. The summed E-state index contributed by atoms with van der Waals surface area (Å²) in [5.74, 6) is 0.742. The summed E-state index contributed by atoms with van der Waals surface area (Å²) < 4.78 is 7.27. The van der Waals surface area contributed by atoms with Gasteiger partial charge in [0.2, 0.25) is 0 Å². The minimum atomic E-state index is -0.415. The van der Waals surface area contributed by atoms with Crippen molar-refractivity contribution in [3.63, 3.8) is 0 Å². The third-order valence-corrected chi connectivity index (χ3v) is 5.23. The van der Waals surface area contributed by atoms with Crippen LogP contribution in [0.4, 0.5) is 5.69 Å². The molecule has 0 N–H and O–H groups in total. The highest BCUT2D eigenvalue weighted by Crippen LogP contribution is 2.30. The van der Waals surface area contributed by atoms with Crippen LogP contribution in [0, 0.1) is 24.0 Å². The highest BCUT2D eigenvalue weighted by Gasteiger charge is 2.15. The van der Waals surface area contributed by atoms with Crippen LogP contribution in [-0.2, 0) is 6.61 Å². The molecule has 4 nitrogen and oxygen atoms in total. The second-order valence-corrected chi connectivity index (χ2v) is 6.25. The van der Waals surface area contributed by atoms with E-state index in [0.29, 0.717) is 4.47 Å². The molecule has 0 radical (unpaired) electrons. The van der Waals surface area contributed by atoms with Gasteiger partial charge in [0.1, 0.15) is 16.8 Å². The summed E-state index contributed by atoms with van der Waals surface area (Å²) in [6.45, 7) is 4.25. The van der Waals surface area contributed by atoms with E-state index in [4.69, 9.17) is 4.74 Å².